The van der Waals surface area contributed by atoms with Crippen LogP contribution in [0, 0.1) is 5.92 Å². The Morgan fingerprint density at radius 1 is 0.385 bits per heavy atom. The van der Waals surface area contributed by atoms with Crippen molar-refractivity contribution in [1.29, 1.82) is 0 Å². The van der Waals surface area contributed by atoms with Crippen LogP contribution < -0.4 is 10.6 Å². The molecular weight excluding hydrogens is 1010 g/mol. The summed E-state index contributed by atoms with van der Waals surface area (Å²) in [7, 11) is 0. The fraction of sp³-hybridized carbons (Fsp3) is 0.727. The quantitative estimate of drug-likeness (QED) is 0.221. The normalized spacial score (nSPS) is 30.8. The average Bonchev–Trinajstić information content (AvgIpc) is 4.37. The van der Waals surface area contributed by atoms with Gasteiger partial charge in [-0.15, -0.1) is 0 Å². The molecule has 0 aromatic rings. The van der Waals surface area contributed by atoms with Crippen LogP contribution in [-0.2, 0) is 52.6 Å². The zero-order valence-electron chi connectivity index (χ0n) is 45.1. The van der Waals surface area contributed by atoms with Crippen LogP contribution in [0.25, 0.3) is 0 Å². The molecule has 0 radical (unpaired) electrons. The van der Waals surface area contributed by atoms with E-state index in [1.54, 1.807) is 24.5 Å². The lowest BCUT2D eigenvalue weighted by Gasteiger charge is -2.37. The maximum Gasteiger partial charge on any atom is 0.407 e. The fourth-order valence-corrected chi connectivity index (χ4v) is 14.2. The molecule has 9 aliphatic rings. The summed E-state index contributed by atoms with van der Waals surface area (Å²) in [6, 6.07) is -7.63. The third-order valence-corrected chi connectivity index (χ3v) is 17.9. The molecule has 0 spiro atoms. The molecule has 23 heteroatoms. The SMILES string of the molecule is C=CCOC(=O)N[C@@H]1C[C@@H](C(=O)N2CCC[C@H]2C(=O)N2CCC[C@H]2C(C)=O)N(C(=O)[C@@H]2CCCN2C(=O)[C@@H]2CCCN2C(=O)[C@@H]2CCCN2C(=O)[C@@H]2CCCN2C(=O)[C@@H]2CCCN2C(=O)[C@H]2CC[C@H](NC(=O)OCC=C)C2)C1. The number of alkyl carbamates (subject to hydrolysis) is 2. The van der Waals surface area contributed by atoms with Crippen molar-refractivity contribution in [2.24, 2.45) is 5.92 Å². The third kappa shape index (κ3) is 11.5. The van der Waals surface area contributed by atoms with Crippen molar-refractivity contribution in [1.82, 2.24) is 49.8 Å². The topological polar surface area (TPSA) is 256 Å². The summed E-state index contributed by atoms with van der Waals surface area (Å²) in [5.74, 6) is -3.20. The fourth-order valence-electron chi connectivity index (χ4n) is 14.2. The second-order valence-electron chi connectivity index (χ2n) is 22.6. The maximum absolute atomic E-state index is 15.0. The maximum atomic E-state index is 15.0. The van der Waals surface area contributed by atoms with E-state index in [4.69, 9.17) is 9.47 Å². The highest BCUT2D eigenvalue weighted by Gasteiger charge is 2.53. The first-order valence-corrected chi connectivity index (χ1v) is 28.6. The zero-order chi connectivity index (χ0) is 55.4. The predicted molar refractivity (Wildman–Crippen MR) is 278 cm³/mol. The first kappa shape index (κ1) is 56.2. The molecule has 1 saturated carbocycles. The van der Waals surface area contributed by atoms with Crippen molar-refractivity contribution in [3.8, 4) is 0 Å². The Morgan fingerprint density at radius 2 is 0.692 bits per heavy atom. The number of amides is 10. The molecule has 0 unspecified atom stereocenters. The van der Waals surface area contributed by atoms with Crippen molar-refractivity contribution in [3.63, 3.8) is 0 Å². The second-order valence-corrected chi connectivity index (χ2v) is 22.6. The molecular formula is C55H78N10O13. The van der Waals surface area contributed by atoms with Crippen molar-refractivity contribution >= 4 is 65.2 Å². The van der Waals surface area contributed by atoms with E-state index in [0.29, 0.717) is 135 Å². The van der Waals surface area contributed by atoms with Gasteiger partial charge < -0.3 is 59.3 Å². The Balaban J connectivity index is 0.847. The van der Waals surface area contributed by atoms with E-state index in [1.807, 2.05) is 0 Å². The highest BCUT2D eigenvalue weighted by molar-refractivity contribution is 5.99. The van der Waals surface area contributed by atoms with E-state index >= 15 is 0 Å². The Kier molecular flexibility index (Phi) is 17.7. The zero-order valence-corrected chi connectivity index (χ0v) is 45.1. The van der Waals surface area contributed by atoms with Gasteiger partial charge in [-0.3, -0.25) is 43.2 Å². The highest BCUT2D eigenvalue weighted by atomic mass is 16.6. The summed E-state index contributed by atoms with van der Waals surface area (Å²) >= 11 is 0. The summed E-state index contributed by atoms with van der Waals surface area (Å²) in [5.41, 5.74) is 0. The van der Waals surface area contributed by atoms with Gasteiger partial charge in [0.25, 0.3) is 0 Å². The van der Waals surface area contributed by atoms with Crippen molar-refractivity contribution < 1.29 is 62.2 Å². The number of hydrogen-bond acceptors (Lipinski definition) is 13. The van der Waals surface area contributed by atoms with Gasteiger partial charge in [0, 0.05) is 64.3 Å². The van der Waals surface area contributed by atoms with Crippen molar-refractivity contribution in [2.45, 2.75) is 183 Å². The first-order valence-electron chi connectivity index (χ1n) is 28.6. The molecule has 426 valence electrons. The van der Waals surface area contributed by atoms with E-state index in [1.165, 1.54) is 33.8 Å². The number of carbonyl (C=O) groups excluding carboxylic acids is 11. The summed E-state index contributed by atoms with van der Waals surface area (Å²) in [6.07, 6.45) is 10.1. The van der Waals surface area contributed by atoms with Gasteiger partial charge in [-0.25, -0.2) is 9.59 Å². The van der Waals surface area contributed by atoms with Gasteiger partial charge >= 0.3 is 12.2 Å². The summed E-state index contributed by atoms with van der Waals surface area (Å²) in [6.45, 7) is 10.8. The molecule has 9 rings (SSSR count). The average molecular weight is 1090 g/mol. The van der Waals surface area contributed by atoms with Crippen LogP contribution in [0.3, 0.4) is 0 Å². The highest BCUT2D eigenvalue weighted by Crippen LogP contribution is 2.36. The minimum Gasteiger partial charge on any atom is -0.445 e. The smallest absolute Gasteiger partial charge is 0.407 e. The Hall–Kier alpha value is -6.55. The number of likely N-dealkylation sites (tertiary alicyclic amines) is 8. The van der Waals surface area contributed by atoms with Crippen LogP contribution in [0.2, 0.25) is 0 Å². The lowest BCUT2D eigenvalue weighted by Crippen LogP contribution is -2.59. The molecule has 9 fully saturated rings. The number of nitrogens with zero attached hydrogens (tertiary/aromatic N) is 8. The predicted octanol–water partition coefficient (Wildman–Crippen LogP) is 1.48. The molecule has 0 aromatic carbocycles. The second kappa shape index (κ2) is 24.6. The molecule has 0 aromatic heterocycles. The molecule has 23 nitrogen and oxygen atoms in total. The van der Waals surface area contributed by atoms with Crippen molar-refractivity contribution in [3.05, 3.63) is 25.3 Å². The number of nitrogens with one attached hydrogen (secondary N) is 2. The Labute approximate surface area is 455 Å². The lowest BCUT2D eigenvalue weighted by atomic mass is 10.0. The van der Waals surface area contributed by atoms with E-state index < -0.39 is 84.3 Å². The number of rotatable bonds is 15. The van der Waals surface area contributed by atoms with Gasteiger partial charge in [-0.2, -0.15) is 0 Å². The third-order valence-electron chi connectivity index (χ3n) is 17.9. The van der Waals surface area contributed by atoms with Gasteiger partial charge in [0.1, 0.15) is 55.5 Å². The van der Waals surface area contributed by atoms with Crippen LogP contribution in [0.15, 0.2) is 25.3 Å². The van der Waals surface area contributed by atoms with Gasteiger partial charge in [0.15, 0.2) is 5.78 Å². The van der Waals surface area contributed by atoms with Gasteiger partial charge in [0.05, 0.1) is 12.1 Å². The monoisotopic (exact) mass is 1090 g/mol. The number of hydrogen-bond donors (Lipinski definition) is 2. The molecule has 8 saturated heterocycles. The van der Waals surface area contributed by atoms with Crippen LogP contribution in [0.5, 0.6) is 0 Å². The van der Waals surface area contributed by atoms with Gasteiger partial charge in [-0.1, -0.05) is 25.3 Å². The summed E-state index contributed by atoms with van der Waals surface area (Å²) in [4.78, 5) is 166. The lowest BCUT2D eigenvalue weighted by molar-refractivity contribution is -0.155. The van der Waals surface area contributed by atoms with Gasteiger partial charge in [0.2, 0.25) is 47.3 Å². The molecule has 8 aliphatic heterocycles. The molecule has 2 N–H and O–H groups in total. The first-order chi connectivity index (χ1) is 37.6. The molecule has 0 bridgehead atoms. The van der Waals surface area contributed by atoms with Crippen LogP contribution >= 0.6 is 0 Å². The molecule has 1 aliphatic carbocycles. The molecule has 11 atom stereocenters. The number of ketones is 1. The van der Waals surface area contributed by atoms with E-state index in [9.17, 15) is 52.7 Å². The number of ether oxygens (including phenoxy) is 2. The van der Waals surface area contributed by atoms with Crippen LogP contribution in [-0.4, -0.2) is 230 Å². The minimum atomic E-state index is -1.08. The molecule has 10 amide bonds. The Morgan fingerprint density at radius 3 is 1.05 bits per heavy atom. The number of carbonyl (C=O) groups is 11. The van der Waals surface area contributed by atoms with E-state index in [0.717, 1.165) is 0 Å². The largest absolute Gasteiger partial charge is 0.445 e. The standard InChI is InChI=1S/C55H78N10O13/c1-4-29-77-54(75)56-36-21-20-35(31-36)46(67)59-23-7-14-39(59)48(69)60-24-8-16-41(60)49(70)61-25-9-17-42(61)50(71)62-26-10-18-43(62)51(72)63-27-12-19-44(63)52(73)65-33-37(57-55(76)78-30-5-2)32-45(65)53(74)64-28-11-15-40(64)47(68)58-22-6-13-38(58)34(3)66/h4-5,35-45H,1-2,6-33H2,3H3,(H,56,75)(H,57,76)/t35-,36-,37+,38-,39-,40-,41-,42-,43-,44-,45-/m0/s1. The molecule has 8 heterocycles. The Bertz CT molecular complexity index is 2400. The number of Topliss-reactive ketones (excluding diaryl/α,β-unsaturated/α-hetero) is 1. The van der Waals surface area contributed by atoms with E-state index in [-0.39, 0.29) is 93.1 Å². The molecule has 78 heavy (non-hydrogen) atoms. The summed E-state index contributed by atoms with van der Waals surface area (Å²) in [5, 5.41) is 5.59. The summed E-state index contributed by atoms with van der Waals surface area (Å²) < 4.78 is 10.2. The van der Waals surface area contributed by atoms with Crippen LogP contribution in [0.1, 0.15) is 122 Å². The van der Waals surface area contributed by atoms with Crippen LogP contribution in [0.4, 0.5) is 9.59 Å². The van der Waals surface area contributed by atoms with E-state index in [2.05, 4.69) is 23.8 Å². The van der Waals surface area contributed by atoms with Crippen molar-refractivity contribution in [2.75, 3.05) is 65.6 Å². The minimum absolute atomic E-state index is 0.0382. The van der Waals surface area contributed by atoms with Gasteiger partial charge in [-0.05, 0) is 122 Å².